The number of amides is 1. The number of hydrogen-bond donors (Lipinski definition) is 2. The maximum absolute atomic E-state index is 12.0. The van der Waals surface area contributed by atoms with Crippen LogP contribution in [0.15, 0.2) is 42.5 Å². The molecule has 7 heteroatoms. The van der Waals surface area contributed by atoms with E-state index in [9.17, 15) is 9.90 Å². The molecule has 0 aliphatic rings. The predicted octanol–water partition coefficient (Wildman–Crippen LogP) is 2.25. The molecule has 0 fully saturated rings. The largest absolute Gasteiger partial charge is 0.481 e. The van der Waals surface area contributed by atoms with Crippen LogP contribution < -0.4 is 10.1 Å². The summed E-state index contributed by atoms with van der Waals surface area (Å²) >= 11 is 0. The lowest BCUT2D eigenvalue weighted by Crippen LogP contribution is -2.35. The van der Waals surface area contributed by atoms with E-state index in [1.54, 1.807) is 6.07 Å². The van der Waals surface area contributed by atoms with Gasteiger partial charge >= 0.3 is 0 Å². The first-order valence-corrected chi connectivity index (χ1v) is 9.09. The summed E-state index contributed by atoms with van der Waals surface area (Å²) in [5.41, 5.74) is 3.11. The van der Waals surface area contributed by atoms with Crippen molar-refractivity contribution in [1.82, 2.24) is 20.3 Å². The Kier molecular flexibility index (Phi) is 6.03. The number of carbonyl (C=O) groups is 1. The normalized spacial score (nSPS) is 12.1. The van der Waals surface area contributed by atoms with E-state index >= 15 is 0 Å². The van der Waals surface area contributed by atoms with Crippen LogP contribution in [0.3, 0.4) is 0 Å². The van der Waals surface area contributed by atoms with Gasteiger partial charge in [0, 0.05) is 12.6 Å². The van der Waals surface area contributed by atoms with E-state index in [0.717, 1.165) is 23.0 Å². The molecule has 1 aromatic heterocycles. The molecule has 0 bridgehead atoms. The van der Waals surface area contributed by atoms with Gasteiger partial charge in [0.15, 0.2) is 6.61 Å². The standard InChI is InChI=1S/C20H24N4O3/c1-3-14(2)21-20(26)13-27-19-9-8-15(10-11-25)12-18(19)24-22-16-6-4-5-7-17(16)23-24/h4-9,12,14,25H,3,10-11,13H2,1-2H3,(H,21,26). The van der Waals surface area contributed by atoms with Crippen molar-refractivity contribution in [3.8, 4) is 11.4 Å². The van der Waals surface area contributed by atoms with Gasteiger partial charge in [-0.2, -0.15) is 0 Å². The van der Waals surface area contributed by atoms with Crippen LogP contribution in [0.1, 0.15) is 25.8 Å². The van der Waals surface area contributed by atoms with Crippen LogP contribution in [-0.2, 0) is 11.2 Å². The Bertz CT molecular complexity index is 889. The van der Waals surface area contributed by atoms with Crippen LogP contribution in [0, 0.1) is 0 Å². The third kappa shape index (κ3) is 4.62. The van der Waals surface area contributed by atoms with Crippen LogP contribution in [-0.4, -0.2) is 45.3 Å². The van der Waals surface area contributed by atoms with Gasteiger partial charge in [0.2, 0.25) is 0 Å². The number of hydrogen-bond acceptors (Lipinski definition) is 5. The van der Waals surface area contributed by atoms with Crippen molar-refractivity contribution in [2.45, 2.75) is 32.7 Å². The number of aliphatic hydroxyl groups excluding tert-OH is 1. The fourth-order valence-electron chi connectivity index (χ4n) is 2.66. The number of fused-ring (bicyclic) bond motifs is 1. The molecule has 0 aliphatic carbocycles. The molecule has 3 aromatic rings. The quantitative estimate of drug-likeness (QED) is 0.637. The van der Waals surface area contributed by atoms with E-state index < -0.39 is 0 Å². The van der Waals surface area contributed by atoms with Gasteiger partial charge < -0.3 is 15.2 Å². The van der Waals surface area contributed by atoms with Crippen molar-refractivity contribution in [3.63, 3.8) is 0 Å². The maximum Gasteiger partial charge on any atom is 0.258 e. The molecule has 27 heavy (non-hydrogen) atoms. The van der Waals surface area contributed by atoms with Crippen molar-refractivity contribution in [2.75, 3.05) is 13.2 Å². The highest BCUT2D eigenvalue weighted by Gasteiger charge is 2.13. The zero-order chi connectivity index (χ0) is 19.2. The first-order valence-electron chi connectivity index (χ1n) is 9.09. The second kappa shape index (κ2) is 8.64. The topological polar surface area (TPSA) is 89.3 Å². The molecule has 1 atom stereocenters. The number of nitrogens with one attached hydrogen (secondary N) is 1. The molecule has 0 spiro atoms. The van der Waals surface area contributed by atoms with E-state index in [-0.39, 0.29) is 25.2 Å². The van der Waals surface area contributed by atoms with E-state index in [0.29, 0.717) is 17.9 Å². The summed E-state index contributed by atoms with van der Waals surface area (Å²) < 4.78 is 5.75. The average Bonchev–Trinajstić information content (AvgIpc) is 3.11. The third-order valence-electron chi connectivity index (χ3n) is 4.30. The molecule has 0 radical (unpaired) electrons. The lowest BCUT2D eigenvalue weighted by atomic mass is 10.1. The van der Waals surface area contributed by atoms with Gasteiger partial charge in [-0.05, 0) is 49.6 Å². The van der Waals surface area contributed by atoms with E-state index in [2.05, 4.69) is 15.5 Å². The fourth-order valence-corrected chi connectivity index (χ4v) is 2.66. The second-order valence-corrected chi connectivity index (χ2v) is 6.42. The molecule has 7 nitrogen and oxygen atoms in total. The minimum atomic E-state index is -0.173. The average molecular weight is 368 g/mol. The number of nitrogens with zero attached hydrogens (tertiary/aromatic N) is 3. The molecular formula is C20H24N4O3. The highest BCUT2D eigenvalue weighted by Crippen LogP contribution is 2.25. The molecule has 0 aliphatic heterocycles. The summed E-state index contributed by atoms with van der Waals surface area (Å²) in [7, 11) is 0. The number of aromatic nitrogens is 3. The highest BCUT2D eigenvalue weighted by molar-refractivity contribution is 5.78. The van der Waals surface area contributed by atoms with Gasteiger partial charge in [0.1, 0.15) is 22.5 Å². The Hall–Kier alpha value is -2.93. The Morgan fingerprint density at radius 1 is 1.22 bits per heavy atom. The van der Waals surface area contributed by atoms with Crippen LogP contribution in [0.25, 0.3) is 16.7 Å². The Labute approximate surface area is 158 Å². The molecule has 3 rings (SSSR count). The zero-order valence-electron chi connectivity index (χ0n) is 15.6. The van der Waals surface area contributed by atoms with Crippen LogP contribution >= 0.6 is 0 Å². The van der Waals surface area contributed by atoms with Crippen LogP contribution in [0.2, 0.25) is 0 Å². The predicted molar refractivity (Wildman–Crippen MR) is 103 cm³/mol. The molecule has 2 aromatic carbocycles. The minimum absolute atomic E-state index is 0.0471. The molecule has 1 amide bonds. The number of aliphatic hydroxyl groups is 1. The molecule has 2 N–H and O–H groups in total. The van der Waals surface area contributed by atoms with E-state index in [1.807, 2.05) is 50.2 Å². The van der Waals surface area contributed by atoms with Crippen molar-refractivity contribution >= 4 is 16.9 Å². The lowest BCUT2D eigenvalue weighted by Gasteiger charge is -2.14. The highest BCUT2D eigenvalue weighted by atomic mass is 16.5. The summed E-state index contributed by atoms with van der Waals surface area (Å²) in [6, 6.07) is 13.2. The summed E-state index contributed by atoms with van der Waals surface area (Å²) in [5, 5.41) is 21.1. The number of ether oxygens (including phenoxy) is 1. The number of rotatable bonds is 8. The molecule has 1 unspecified atom stereocenters. The summed E-state index contributed by atoms with van der Waals surface area (Å²) in [5.74, 6) is 0.338. The van der Waals surface area contributed by atoms with Crippen molar-refractivity contribution in [2.24, 2.45) is 0 Å². The summed E-state index contributed by atoms with van der Waals surface area (Å²) in [6.07, 6.45) is 1.37. The van der Waals surface area contributed by atoms with Crippen molar-refractivity contribution in [3.05, 3.63) is 48.0 Å². The van der Waals surface area contributed by atoms with Gasteiger partial charge in [-0.25, -0.2) is 0 Å². The molecule has 0 saturated carbocycles. The lowest BCUT2D eigenvalue weighted by molar-refractivity contribution is -0.123. The smallest absolute Gasteiger partial charge is 0.258 e. The SMILES string of the molecule is CCC(C)NC(=O)COc1ccc(CCO)cc1-n1nc2ccccc2n1. The Morgan fingerprint density at radius 2 is 1.93 bits per heavy atom. The monoisotopic (exact) mass is 368 g/mol. The van der Waals surface area contributed by atoms with Crippen molar-refractivity contribution < 1.29 is 14.6 Å². The molecule has 0 saturated heterocycles. The van der Waals surface area contributed by atoms with Gasteiger partial charge in [0.25, 0.3) is 5.91 Å². The Morgan fingerprint density at radius 3 is 2.56 bits per heavy atom. The number of benzene rings is 2. The molecular weight excluding hydrogens is 344 g/mol. The third-order valence-corrected chi connectivity index (χ3v) is 4.30. The summed E-state index contributed by atoms with van der Waals surface area (Å²) in [6.45, 7) is 3.92. The van der Waals surface area contributed by atoms with Gasteiger partial charge in [-0.1, -0.05) is 25.1 Å². The molecule has 1 heterocycles. The van der Waals surface area contributed by atoms with Crippen LogP contribution in [0.4, 0.5) is 0 Å². The maximum atomic E-state index is 12.0. The zero-order valence-corrected chi connectivity index (χ0v) is 15.6. The summed E-state index contributed by atoms with van der Waals surface area (Å²) in [4.78, 5) is 13.5. The van der Waals surface area contributed by atoms with Gasteiger partial charge in [-0.3, -0.25) is 4.79 Å². The van der Waals surface area contributed by atoms with Gasteiger partial charge in [0.05, 0.1) is 0 Å². The first kappa shape index (κ1) is 18.8. The van der Waals surface area contributed by atoms with E-state index in [4.69, 9.17) is 4.74 Å². The Balaban J connectivity index is 1.88. The van der Waals surface area contributed by atoms with E-state index in [1.165, 1.54) is 4.80 Å². The van der Waals surface area contributed by atoms with Crippen LogP contribution in [0.5, 0.6) is 5.75 Å². The van der Waals surface area contributed by atoms with Gasteiger partial charge in [-0.15, -0.1) is 15.0 Å². The second-order valence-electron chi connectivity index (χ2n) is 6.42. The fraction of sp³-hybridized carbons (Fsp3) is 0.350. The minimum Gasteiger partial charge on any atom is -0.481 e. The van der Waals surface area contributed by atoms with Crippen molar-refractivity contribution in [1.29, 1.82) is 0 Å². The molecule has 142 valence electrons. The number of carbonyl (C=O) groups excluding carboxylic acids is 1. The first-order chi connectivity index (χ1) is 13.1.